The van der Waals surface area contributed by atoms with E-state index in [9.17, 15) is 4.79 Å². The van der Waals surface area contributed by atoms with Gasteiger partial charge in [0.1, 0.15) is 0 Å². The van der Waals surface area contributed by atoms with E-state index < -0.39 is 0 Å². The maximum absolute atomic E-state index is 12.3. The zero-order valence-electron chi connectivity index (χ0n) is 13.0. The van der Waals surface area contributed by atoms with Gasteiger partial charge < -0.3 is 4.74 Å². The van der Waals surface area contributed by atoms with Crippen LogP contribution in [0.5, 0.6) is 0 Å². The highest BCUT2D eigenvalue weighted by Gasteiger charge is 2.79. The summed E-state index contributed by atoms with van der Waals surface area (Å²) >= 11 is 0. The summed E-state index contributed by atoms with van der Waals surface area (Å²) < 4.78 is 5.31. The van der Waals surface area contributed by atoms with Crippen molar-refractivity contribution < 1.29 is 9.53 Å². The van der Waals surface area contributed by atoms with Crippen LogP contribution < -0.4 is 0 Å². The van der Waals surface area contributed by atoms with E-state index in [1.165, 1.54) is 11.1 Å². The molecule has 0 aliphatic heterocycles. The molecule has 2 nitrogen and oxygen atoms in total. The number of esters is 1. The van der Waals surface area contributed by atoms with Gasteiger partial charge in [-0.3, -0.25) is 4.79 Å². The molecule has 0 aromatic rings. The molecule has 0 unspecified atom stereocenters. The number of allylic oxidation sites excluding steroid dienone is 4. The van der Waals surface area contributed by atoms with Crippen LogP contribution in [0.3, 0.4) is 0 Å². The summed E-state index contributed by atoms with van der Waals surface area (Å²) in [5.74, 6) is 0.766. The van der Waals surface area contributed by atoms with Crippen molar-refractivity contribution in [3.05, 3.63) is 23.3 Å². The van der Waals surface area contributed by atoms with Crippen LogP contribution in [0.25, 0.3) is 0 Å². The molecule has 0 aromatic carbocycles. The Hall–Kier alpha value is -1.05. The summed E-state index contributed by atoms with van der Waals surface area (Å²) in [5, 5.41) is 0. The third-order valence-corrected chi connectivity index (χ3v) is 5.37. The lowest BCUT2D eigenvalue weighted by atomic mass is 9.84. The Labute approximate surface area is 116 Å². The van der Waals surface area contributed by atoms with E-state index in [1.807, 2.05) is 6.92 Å². The molecule has 1 fully saturated rings. The predicted molar refractivity (Wildman–Crippen MR) is 77.6 cm³/mol. The lowest BCUT2D eigenvalue weighted by Crippen LogP contribution is -2.25. The van der Waals surface area contributed by atoms with Gasteiger partial charge in [0.25, 0.3) is 0 Å². The molecule has 1 saturated carbocycles. The molecule has 106 valence electrons. The van der Waals surface area contributed by atoms with Crippen molar-refractivity contribution in [3.63, 3.8) is 0 Å². The van der Waals surface area contributed by atoms with Crippen molar-refractivity contribution in [1.82, 2.24) is 0 Å². The molecular weight excluding hydrogens is 236 g/mol. The average Bonchev–Trinajstić information content (AvgIpc) is 2.64. The molecule has 2 heteroatoms. The van der Waals surface area contributed by atoms with Crippen LogP contribution in [0.4, 0.5) is 0 Å². The van der Waals surface area contributed by atoms with Crippen LogP contribution >= 0.6 is 0 Å². The molecule has 0 spiro atoms. The van der Waals surface area contributed by atoms with E-state index in [2.05, 4.69) is 46.8 Å². The van der Waals surface area contributed by atoms with Crippen molar-refractivity contribution in [1.29, 1.82) is 0 Å². The van der Waals surface area contributed by atoms with Gasteiger partial charge in [-0.15, -0.1) is 0 Å². The van der Waals surface area contributed by atoms with Gasteiger partial charge in [-0.2, -0.15) is 0 Å². The second-order valence-electron chi connectivity index (χ2n) is 6.41. The van der Waals surface area contributed by atoms with Gasteiger partial charge in [0.2, 0.25) is 0 Å². The van der Waals surface area contributed by atoms with Crippen molar-refractivity contribution in [2.75, 3.05) is 6.61 Å². The molecule has 0 aromatic heterocycles. The Kier molecular flexibility index (Phi) is 3.40. The highest BCUT2D eigenvalue weighted by molar-refractivity contribution is 5.84. The minimum atomic E-state index is -0.337. The Balaban J connectivity index is 2.32. The molecule has 4 atom stereocenters. The average molecular weight is 262 g/mol. The number of fused-ring (bicyclic) bond motifs is 1. The highest BCUT2D eigenvalue weighted by atomic mass is 16.5. The van der Waals surface area contributed by atoms with E-state index in [0.29, 0.717) is 18.4 Å². The number of carbonyl (C=O) groups excluding carboxylic acids is 1. The van der Waals surface area contributed by atoms with Crippen molar-refractivity contribution in [2.45, 2.75) is 48.0 Å². The second-order valence-corrected chi connectivity index (χ2v) is 6.41. The quantitative estimate of drug-likeness (QED) is 0.562. The Bertz CT molecular complexity index is 460. The summed E-state index contributed by atoms with van der Waals surface area (Å²) in [5.41, 5.74) is 2.46. The van der Waals surface area contributed by atoms with E-state index in [1.54, 1.807) is 0 Å². The van der Waals surface area contributed by atoms with Gasteiger partial charge in [0.15, 0.2) is 0 Å². The summed E-state index contributed by atoms with van der Waals surface area (Å²) in [6.07, 6.45) is 5.65. The van der Waals surface area contributed by atoms with Crippen LogP contribution in [0, 0.1) is 22.7 Å². The lowest BCUT2D eigenvalue weighted by molar-refractivity contribution is -0.150. The maximum atomic E-state index is 12.3. The van der Waals surface area contributed by atoms with Gasteiger partial charge in [-0.25, -0.2) is 0 Å². The minimum absolute atomic E-state index is 0.0170. The predicted octanol–water partition coefficient (Wildman–Crippen LogP) is 4.12. The monoisotopic (exact) mass is 262 g/mol. The normalized spacial score (nSPS) is 40.7. The summed E-state index contributed by atoms with van der Waals surface area (Å²) in [6.45, 7) is 13.2. The van der Waals surface area contributed by atoms with Crippen LogP contribution in [0.15, 0.2) is 23.3 Å². The molecule has 0 radical (unpaired) electrons. The molecule has 0 heterocycles. The smallest absolute Gasteiger partial charge is 0.313 e. The zero-order chi connectivity index (χ0) is 14.4. The van der Waals surface area contributed by atoms with E-state index in [-0.39, 0.29) is 16.8 Å². The van der Waals surface area contributed by atoms with Crippen LogP contribution in [-0.2, 0) is 9.53 Å². The first-order chi connectivity index (χ1) is 8.84. The van der Waals surface area contributed by atoms with E-state index >= 15 is 0 Å². The maximum Gasteiger partial charge on any atom is 0.313 e. The number of rotatable bonds is 4. The van der Waals surface area contributed by atoms with E-state index in [0.717, 1.165) is 6.42 Å². The molecule has 19 heavy (non-hydrogen) atoms. The van der Waals surface area contributed by atoms with Gasteiger partial charge in [-0.1, -0.05) is 37.1 Å². The van der Waals surface area contributed by atoms with Crippen molar-refractivity contribution >= 4 is 5.97 Å². The lowest BCUT2D eigenvalue weighted by Gasteiger charge is -2.22. The summed E-state index contributed by atoms with van der Waals surface area (Å²) in [6, 6.07) is 0. The zero-order valence-corrected chi connectivity index (χ0v) is 13.0. The van der Waals surface area contributed by atoms with E-state index in [4.69, 9.17) is 4.74 Å². The third kappa shape index (κ3) is 1.72. The number of carbonyl (C=O) groups is 1. The van der Waals surface area contributed by atoms with Crippen molar-refractivity contribution in [3.8, 4) is 0 Å². The van der Waals surface area contributed by atoms with Crippen LogP contribution in [-0.4, -0.2) is 12.6 Å². The topological polar surface area (TPSA) is 26.3 Å². The fourth-order valence-electron chi connectivity index (χ4n) is 4.31. The van der Waals surface area contributed by atoms with Gasteiger partial charge in [0.05, 0.1) is 12.0 Å². The largest absolute Gasteiger partial charge is 0.466 e. The number of hydrogen-bond acceptors (Lipinski definition) is 2. The summed E-state index contributed by atoms with van der Waals surface area (Å²) in [7, 11) is 0. The first-order valence-corrected chi connectivity index (χ1v) is 7.37. The number of hydrogen-bond donors (Lipinski definition) is 0. The fraction of sp³-hybridized carbons (Fsp3) is 0.706. The Morgan fingerprint density at radius 1 is 1.42 bits per heavy atom. The standard InChI is InChI=1S/C17H26O2/c1-7-9-11(3)13-12(4)10-16(5)14(13)17(16,6)15(18)19-8-2/h9-10,13-14H,7-8H2,1-6H3/b11-9+/t13-,14+,16-,17+/m0/s1. The molecule has 2 rings (SSSR count). The molecule has 0 bridgehead atoms. The summed E-state index contributed by atoms with van der Waals surface area (Å²) in [4.78, 5) is 12.3. The van der Waals surface area contributed by atoms with Crippen molar-refractivity contribution in [2.24, 2.45) is 22.7 Å². The van der Waals surface area contributed by atoms with Gasteiger partial charge in [-0.05, 0) is 40.0 Å². The second kappa shape index (κ2) is 4.50. The third-order valence-electron chi connectivity index (χ3n) is 5.37. The number of ether oxygens (including phenoxy) is 1. The Morgan fingerprint density at radius 2 is 2.05 bits per heavy atom. The first kappa shape index (κ1) is 14.4. The van der Waals surface area contributed by atoms with Gasteiger partial charge >= 0.3 is 5.97 Å². The molecule has 2 aliphatic carbocycles. The van der Waals surface area contributed by atoms with Gasteiger partial charge in [0, 0.05) is 11.3 Å². The molecule has 0 saturated heterocycles. The highest BCUT2D eigenvalue weighted by Crippen LogP contribution is 2.78. The van der Waals surface area contributed by atoms with Crippen LogP contribution in [0.2, 0.25) is 0 Å². The Morgan fingerprint density at radius 3 is 2.58 bits per heavy atom. The molecule has 2 aliphatic rings. The first-order valence-electron chi connectivity index (χ1n) is 7.37. The SMILES string of the molecule is CC/C=C(\C)[C@H]1C(C)=C[C@@]2(C)[C@@H]1[C@]2(C)C(=O)OCC. The van der Waals surface area contributed by atoms with Crippen LogP contribution in [0.1, 0.15) is 48.0 Å². The molecule has 0 amide bonds. The molecular formula is C17H26O2. The fourth-order valence-corrected chi connectivity index (χ4v) is 4.31. The minimum Gasteiger partial charge on any atom is -0.466 e. The molecule has 0 N–H and O–H groups in total.